The van der Waals surface area contributed by atoms with Crippen molar-refractivity contribution < 1.29 is 4.42 Å². The van der Waals surface area contributed by atoms with Crippen molar-refractivity contribution in [1.82, 2.24) is 0 Å². The van der Waals surface area contributed by atoms with Crippen molar-refractivity contribution in [1.29, 1.82) is 0 Å². The Morgan fingerprint density at radius 3 is 2.67 bits per heavy atom. The minimum atomic E-state index is 0. The van der Waals surface area contributed by atoms with Gasteiger partial charge >= 0.3 is 0 Å². The van der Waals surface area contributed by atoms with Crippen molar-refractivity contribution in [3.63, 3.8) is 0 Å². The molecule has 0 unspecified atom stereocenters. The van der Waals surface area contributed by atoms with Crippen molar-refractivity contribution in [2.75, 3.05) is 5.32 Å². The van der Waals surface area contributed by atoms with Crippen LogP contribution in [-0.2, 0) is 6.54 Å². The van der Waals surface area contributed by atoms with Crippen LogP contribution in [0.5, 0.6) is 0 Å². The van der Waals surface area contributed by atoms with E-state index in [4.69, 9.17) is 10.2 Å². The predicted molar refractivity (Wildman–Crippen MR) is 111 cm³/mol. The second-order valence-corrected chi connectivity index (χ2v) is 5.86. The summed E-state index contributed by atoms with van der Waals surface area (Å²) in [5, 5.41) is 4.20. The number of anilines is 1. The second kappa shape index (κ2) is 8.19. The zero-order valence-corrected chi connectivity index (χ0v) is 16.2. The number of nitrogens with two attached hydrogens (primary N) is 1. The molecule has 4 nitrogen and oxygen atoms in total. The highest BCUT2D eigenvalue weighted by Gasteiger charge is 2.04. The Labute approximate surface area is 159 Å². The monoisotopic (exact) mass is 435 g/mol. The standard InChI is InChI=1S/C19H21N3O.HI/c1-13(2)14-7-5-8-16(10-14)22-19(20)21-12-17-11-15-6-3-4-9-18(15)23-17;/h3-11,13H,12H2,1-2H3,(H3,20,21,22);1H. The molecule has 0 atom stereocenters. The lowest BCUT2D eigenvalue weighted by Crippen LogP contribution is -2.22. The quantitative estimate of drug-likeness (QED) is 0.341. The summed E-state index contributed by atoms with van der Waals surface area (Å²) in [6.45, 7) is 4.74. The van der Waals surface area contributed by atoms with Gasteiger partial charge < -0.3 is 15.5 Å². The van der Waals surface area contributed by atoms with Crippen LogP contribution in [0.25, 0.3) is 11.0 Å². The van der Waals surface area contributed by atoms with Crippen LogP contribution in [0.1, 0.15) is 31.1 Å². The Kier molecular flexibility index (Phi) is 6.25. The number of furan rings is 1. The Morgan fingerprint density at radius 1 is 1.12 bits per heavy atom. The molecule has 0 saturated heterocycles. The second-order valence-electron chi connectivity index (χ2n) is 5.86. The Morgan fingerprint density at radius 2 is 1.92 bits per heavy atom. The summed E-state index contributed by atoms with van der Waals surface area (Å²) < 4.78 is 5.73. The molecule has 3 N–H and O–H groups in total. The van der Waals surface area contributed by atoms with E-state index in [1.54, 1.807) is 0 Å². The number of hydrogen-bond donors (Lipinski definition) is 2. The topological polar surface area (TPSA) is 63.5 Å². The number of nitrogens with one attached hydrogen (secondary N) is 1. The minimum Gasteiger partial charge on any atom is -0.459 e. The summed E-state index contributed by atoms with van der Waals surface area (Å²) >= 11 is 0. The van der Waals surface area contributed by atoms with Crippen LogP contribution < -0.4 is 11.1 Å². The molecule has 3 rings (SSSR count). The summed E-state index contributed by atoms with van der Waals surface area (Å²) in [5.41, 5.74) is 9.05. The molecule has 126 valence electrons. The normalized spacial score (nSPS) is 11.5. The van der Waals surface area contributed by atoms with Crippen LogP contribution in [0.4, 0.5) is 5.69 Å². The molecule has 0 bridgehead atoms. The highest BCUT2D eigenvalue weighted by molar-refractivity contribution is 14.0. The first-order valence-corrected chi connectivity index (χ1v) is 7.76. The van der Waals surface area contributed by atoms with Gasteiger partial charge in [-0.05, 0) is 35.7 Å². The molecular formula is C19H22IN3O. The van der Waals surface area contributed by atoms with E-state index in [1.165, 1.54) is 5.56 Å². The van der Waals surface area contributed by atoms with Crippen LogP contribution in [0, 0.1) is 0 Å². The van der Waals surface area contributed by atoms with Crippen LogP contribution in [0.2, 0.25) is 0 Å². The molecule has 0 saturated carbocycles. The first-order valence-electron chi connectivity index (χ1n) is 7.76. The molecular weight excluding hydrogens is 413 g/mol. The molecule has 0 aliphatic rings. The highest BCUT2D eigenvalue weighted by atomic mass is 127. The molecule has 0 aliphatic heterocycles. The number of hydrogen-bond acceptors (Lipinski definition) is 2. The number of aliphatic imine (C=N–C) groups is 1. The van der Waals surface area contributed by atoms with Crippen molar-refractivity contribution in [2.24, 2.45) is 10.7 Å². The van der Waals surface area contributed by atoms with Gasteiger partial charge in [-0.25, -0.2) is 4.99 Å². The molecule has 1 heterocycles. The van der Waals surface area contributed by atoms with E-state index in [9.17, 15) is 0 Å². The van der Waals surface area contributed by atoms with E-state index in [0.29, 0.717) is 18.4 Å². The molecule has 0 aliphatic carbocycles. The maximum atomic E-state index is 5.97. The zero-order valence-electron chi connectivity index (χ0n) is 13.8. The number of halogens is 1. The highest BCUT2D eigenvalue weighted by Crippen LogP contribution is 2.20. The molecule has 0 radical (unpaired) electrons. The van der Waals surface area contributed by atoms with Crippen molar-refractivity contribution in [2.45, 2.75) is 26.3 Å². The van der Waals surface area contributed by atoms with Crippen LogP contribution in [-0.4, -0.2) is 5.96 Å². The van der Waals surface area contributed by atoms with Crippen molar-refractivity contribution in [3.8, 4) is 0 Å². The predicted octanol–water partition coefficient (Wildman–Crippen LogP) is 5.10. The lowest BCUT2D eigenvalue weighted by molar-refractivity contribution is 0.553. The van der Waals surface area contributed by atoms with Gasteiger partial charge in [0.1, 0.15) is 17.9 Å². The molecule has 24 heavy (non-hydrogen) atoms. The number of nitrogens with zero attached hydrogens (tertiary/aromatic N) is 1. The maximum absolute atomic E-state index is 5.97. The van der Waals surface area contributed by atoms with E-state index in [-0.39, 0.29) is 24.0 Å². The van der Waals surface area contributed by atoms with Gasteiger partial charge in [-0.3, -0.25) is 0 Å². The van der Waals surface area contributed by atoms with Crippen LogP contribution in [0.3, 0.4) is 0 Å². The van der Waals surface area contributed by atoms with E-state index in [2.05, 4.69) is 36.3 Å². The van der Waals surface area contributed by atoms with E-state index in [1.807, 2.05) is 42.5 Å². The molecule has 3 aromatic rings. The zero-order chi connectivity index (χ0) is 16.2. The molecule has 0 fully saturated rings. The van der Waals surface area contributed by atoms with Gasteiger partial charge in [0.15, 0.2) is 5.96 Å². The van der Waals surface area contributed by atoms with Crippen molar-refractivity contribution >= 4 is 46.6 Å². The smallest absolute Gasteiger partial charge is 0.193 e. The third-order valence-electron chi connectivity index (χ3n) is 3.71. The maximum Gasteiger partial charge on any atom is 0.193 e. The van der Waals surface area contributed by atoms with Crippen LogP contribution in [0.15, 0.2) is 64.0 Å². The minimum absolute atomic E-state index is 0. The van der Waals surface area contributed by atoms with Gasteiger partial charge in [-0.1, -0.05) is 44.2 Å². The summed E-state index contributed by atoms with van der Waals surface area (Å²) in [5.74, 6) is 1.66. The average Bonchev–Trinajstić information content (AvgIpc) is 2.96. The molecule has 0 amide bonds. The third kappa shape index (κ3) is 4.50. The van der Waals surface area contributed by atoms with E-state index in [0.717, 1.165) is 22.4 Å². The fraction of sp³-hybridized carbons (Fsp3) is 0.211. The number of rotatable bonds is 4. The van der Waals surface area contributed by atoms with Gasteiger partial charge in [0.05, 0.1) is 0 Å². The molecule has 2 aromatic carbocycles. The van der Waals surface area contributed by atoms with Crippen molar-refractivity contribution in [3.05, 3.63) is 65.9 Å². The lowest BCUT2D eigenvalue weighted by Gasteiger charge is -2.09. The van der Waals surface area contributed by atoms with Gasteiger partial charge in [-0.2, -0.15) is 0 Å². The average molecular weight is 435 g/mol. The fourth-order valence-corrected chi connectivity index (χ4v) is 2.44. The number of benzene rings is 2. The SMILES string of the molecule is CC(C)c1cccc(NC(N)=NCc2cc3ccccc3o2)c1.I. The van der Waals surface area contributed by atoms with Gasteiger partial charge in [0.25, 0.3) is 0 Å². The van der Waals surface area contributed by atoms with E-state index >= 15 is 0 Å². The van der Waals surface area contributed by atoms with Gasteiger partial charge in [-0.15, -0.1) is 24.0 Å². The largest absolute Gasteiger partial charge is 0.459 e. The fourth-order valence-electron chi connectivity index (χ4n) is 2.44. The summed E-state index contributed by atoms with van der Waals surface area (Å²) in [4.78, 5) is 4.35. The first kappa shape index (κ1) is 18.3. The summed E-state index contributed by atoms with van der Waals surface area (Å²) in [6, 6.07) is 18.1. The Balaban J connectivity index is 0.00000208. The molecule has 1 aromatic heterocycles. The number of para-hydroxylation sites is 1. The number of guanidine groups is 1. The van der Waals surface area contributed by atoms with Gasteiger partial charge in [0.2, 0.25) is 0 Å². The lowest BCUT2D eigenvalue weighted by atomic mass is 10.0. The number of fused-ring (bicyclic) bond motifs is 1. The Bertz CT molecular complexity index is 806. The van der Waals surface area contributed by atoms with E-state index < -0.39 is 0 Å². The Hall–Kier alpha value is -2.02. The summed E-state index contributed by atoms with van der Waals surface area (Å²) in [6.07, 6.45) is 0. The van der Waals surface area contributed by atoms with Gasteiger partial charge in [0, 0.05) is 11.1 Å². The summed E-state index contributed by atoms with van der Waals surface area (Å²) in [7, 11) is 0. The third-order valence-corrected chi connectivity index (χ3v) is 3.71. The first-order chi connectivity index (χ1) is 11.1. The van der Waals surface area contributed by atoms with Crippen LogP contribution >= 0.6 is 24.0 Å². The molecule has 5 heteroatoms. The molecule has 0 spiro atoms.